The number of anilines is 1. The van der Waals surface area contributed by atoms with E-state index < -0.39 is 0 Å². The van der Waals surface area contributed by atoms with Gasteiger partial charge in [0.15, 0.2) is 11.4 Å². The highest BCUT2D eigenvalue weighted by Crippen LogP contribution is 2.40. The van der Waals surface area contributed by atoms with Crippen molar-refractivity contribution in [3.8, 4) is 17.1 Å². The fourth-order valence-electron chi connectivity index (χ4n) is 3.40. The number of hydrogen-bond donors (Lipinski definition) is 1. The zero-order valence-electron chi connectivity index (χ0n) is 14.7. The Labute approximate surface area is 160 Å². The number of nitrogens with zero attached hydrogens (tertiary/aromatic N) is 5. The number of benzene rings is 1. The summed E-state index contributed by atoms with van der Waals surface area (Å²) in [7, 11) is 0. The van der Waals surface area contributed by atoms with Crippen molar-refractivity contribution in [3.05, 3.63) is 47.0 Å². The van der Waals surface area contributed by atoms with Crippen LogP contribution in [0.2, 0.25) is 5.02 Å². The number of nitrogen functional groups attached to an aromatic ring is 1. The van der Waals surface area contributed by atoms with Crippen LogP contribution in [-0.2, 0) is 0 Å². The number of hydrogen-bond acceptors (Lipinski definition) is 6. The first-order valence-electron chi connectivity index (χ1n) is 8.84. The van der Waals surface area contributed by atoms with Gasteiger partial charge in [-0.05, 0) is 38.0 Å². The zero-order valence-corrected chi connectivity index (χ0v) is 15.4. The van der Waals surface area contributed by atoms with Crippen LogP contribution in [0.15, 0.2) is 35.1 Å². The van der Waals surface area contributed by atoms with Crippen LogP contribution < -0.4 is 5.73 Å². The maximum atomic E-state index is 6.40. The topological polar surface area (TPSA) is 95.7 Å². The van der Waals surface area contributed by atoms with Gasteiger partial charge < -0.3 is 10.3 Å². The van der Waals surface area contributed by atoms with Crippen molar-refractivity contribution in [1.82, 2.24) is 24.9 Å². The van der Waals surface area contributed by atoms with E-state index in [1.54, 1.807) is 10.9 Å². The number of nitrogens with two attached hydrogens (primary N) is 1. The summed E-state index contributed by atoms with van der Waals surface area (Å²) in [6.45, 7) is 1.93. The van der Waals surface area contributed by atoms with Gasteiger partial charge in [0.25, 0.3) is 0 Å². The first-order chi connectivity index (χ1) is 13.1. The maximum absolute atomic E-state index is 6.40. The highest BCUT2D eigenvalue weighted by atomic mass is 35.5. The summed E-state index contributed by atoms with van der Waals surface area (Å²) < 4.78 is 6.91. The van der Waals surface area contributed by atoms with Crippen molar-refractivity contribution >= 4 is 28.4 Å². The third-order valence-corrected chi connectivity index (χ3v) is 5.33. The Bertz CT molecular complexity index is 1160. The molecule has 1 aliphatic rings. The molecule has 27 heavy (non-hydrogen) atoms. The normalized spacial score (nSPS) is 14.6. The van der Waals surface area contributed by atoms with Gasteiger partial charge >= 0.3 is 0 Å². The molecular weight excluding hydrogens is 364 g/mol. The Morgan fingerprint density at radius 2 is 2.11 bits per heavy atom. The van der Waals surface area contributed by atoms with Crippen molar-refractivity contribution in [2.75, 3.05) is 5.73 Å². The molecule has 1 fully saturated rings. The second-order valence-electron chi connectivity index (χ2n) is 6.90. The molecule has 0 amide bonds. The minimum absolute atomic E-state index is 0.361. The molecule has 0 aliphatic heterocycles. The fraction of sp³-hybridized carbons (Fsp3) is 0.263. The average molecular weight is 381 g/mol. The van der Waals surface area contributed by atoms with Crippen molar-refractivity contribution in [3.63, 3.8) is 0 Å². The Morgan fingerprint density at radius 3 is 2.81 bits per heavy atom. The zero-order chi connectivity index (χ0) is 18.5. The number of fused-ring (bicyclic) bond motifs is 1. The first-order valence-corrected chi connectivity index (χ1v) is 9.22. The molecule has 0 saturated heterocycles. The molecule has 1 aromatic carbocycles. The van der Waals surface area contributed by atoms with Crippen LogP contribution in [0.25, 0.3) is 28.0 Å². The predicted molar refractivity (Wildman–Crippen MR) is 103 cm³/mol. The van der Waals surface area contributed by atoms with E-state index in [1.807, 2.05) is 31.3 Å². The van der Waals surface area contributed by atoms with Crippen LogP contribution in [0, 0.1) is 6.92 Å². The Kier molecular flexibility index (Phi) is 3.65. The number of aryl methyl sites for hydroxylation is 1. The summed E-state index contributed by atoms with van der Waals surface area (Å²) in [5.41, 5.74) is 10.1. The standard InChI is InChI=1S/C19H17ClN6O/c1-10-5-6-26(25-10)19-16(23-15(18(21)24-19)11-3-2-4-11)12-7-13-9-22-27-17(13)14(20)8-12/h5-9,11H,2-4H2,1H3,(H2,21,24). The van der Waals surface area contributed by atoms with Gasteiger partial charge in [0, 0.05) is 23.1 Å². The molecule has 4 aromatic rings. The minimum Gasteiger partial charge on any atom is -0.382 e. The van der Waals surface area contributed by atoms with Gasteiger partial charge in [-0.15, -0.1) is 0 Å². The van der Waals surface area contributed by atoms with E-state index >= 15 is 0 Å². The molecule has 1 saturated carbocycles. The summed E-state index contributed by atoms with van der Waals surface area (Å²) in [6, 6.07) is 5.68. The van der Waals surface area contributed by atoms with Crippen molar-refractivity contribution in [2.24, 2.45) is 0 Å². The van der Waals surface area contributed by atoms with Crippen molar-refractivity contribution < 1.29 is 4.52 Å². The van der Waals surface area contributed by atoms with E-state index in [-0.39, 0.29) is 0 Å². The van der Waals surface area contributed by atoms with Crippen LogP contribution in [-0.4, -0.2) is 24.9 Å². The molecule has 0 bridgehead atoms. The summed E-state index contributed by atoms with van der Waals surface area (Å²) in [5, 5.41) is 9.60. The third-order valence-electron chi connectivity index (χ3n) is 5.05. The van der Waals surface area contributed by atoms with Crippen LogP contribution in [0.3, 0.4) is 0 Å². The largest absolute Gasteiger partial charge is 0.382 e. The lowest BCUT2D eigenvalue weighted by Crippen LogP contribution is -2.17. The second-order valence-corrected chi connectivity index (χ2v) is 7.31. The predicted octanol–water partition coefficient (Wildman–Crippen LogP) is 4.28. The van der Waals surface area contributed by atoms with Gasteiger partial charge in [-0.1, -0.05) is 23.2 Å². The molecule has 136 valence electrons. The Morgan fingerprint density at radius 1 is 1.26 bits per heavy atom. The molecule has 3 heterocycles. The molecule has 3 aromatic heterocycles. The molecule has 0 atom stereocenters. The first kappa shape index (κ1) is 16.3. The van der Waals surface area contributed by atoms with Gasteiger partial charge in [-0.3, -0.25) is 0 Å². The van der Waals surface area contributed by atoms with Gasteiger partial charge in [-0.25, -0.2) is 14.6 Å². The van der Waals surface area contributed by atoms with E-state index in [0.717, 1.165) is 35.2 Å². The van der Waals surface area contributed by atoms with E-state index in [4.69, 9.17) is 26.8 Å². The molecule has 0 spiro atoms. The molecule has 1 aliphatic carbocycles. The molecule has 0 unspecified atom stereocenters. The summed E-state index contributed by atoms with van der Waals surface area (Å²) in [4.78, 5) is 9.59. The van der Waals surface area contributed by atoms with Crippen LogP contribution in [0.1, 0.15) is 36.6 Å². The SMILES string of the molecule is Cc1ccn(-c2nc(N)c(C3CCC3)nc2-c2cc(Cl)c3oncc3c2)n1. The summed E-state index contributed by atoms with van der Waals surface area (Å²) in [5.74, 6) is 1.40. The van der Waals surface area contributed by atoms with Gasteiger partial charge in [0.05, 0.1) is 22.6 Å². The van der Waals surface area contributed by atoms with Crippen molar-refractivity contribution in [1.29, 1.82) is 0 Å². The van der Waals surface area contributed by atoms with Crippen LogP contribution in [0.5, 0.6) is 0 Å². The number of rotatable bonds is 3. The Hall–Kier alpha value is -2.93. The monoisotopic (exact) mass is 380 g/mol. The minimum atomic E-state index is 0.361. The smallest absolute Gasteiger partial charge is 0.185 e. The lowest BCUT2D eigenvalue weighted by atomic mass is 9.82. The average Bonchev–Trinajstić information content (AvgIpc) is 3.23. The van der Waals surface area contributed by atoms with Gasteiger partial charge in [0.2, 0.25) is 0 Å². The molecule has 2 N–H and O–H groups in total. The third kappa shape index (κ3) is 2.66. The van der Waals surface area contributed by atoms with E-state index in [0.29, 0.717) is 33.9 Å². The van der Waals surface area contributed by atoms with E-state index in [9.17, 15) is 0 Å². The van der Waals surface area contributed by atoms with Crippen LogP contribution >= 0.6 is 11.6 Å². The van der Waals surface area contributed by atoms with E-state index in [1.165, 1.54) is 6.42 Å². The molecular formula is C19H17ClN6O. The lowest BCUT2D eigenvalue weighted by Gasteiger charge is -2.26. The quantitative estimate of drug-likeness (QED) is 0.569. The molecule has 8 heteroatoms. The maximum Gasteiger partial charge on any atom is 0.185 e. The number of aromatic nitrogens is 5. The van der Waals surface area contributed by atoms with Gasteiger partial charge in [-0.2, -0.15) is 5.10 Å². The molecule has 7 nitrogen and oxygen atoms in total. The highest BCUT2D eigenvalue weighted by Gasteiger charge is 2.26. The van der Waals surface area contributed by atoms with Crippen LogP contribution in [0.4, 0.5) is 5.82 Å². The lowest BCUT2D eigenvalue weighted by molar-refractivity contribution is 0.411. The molecule has 0 radical (unpaired) electrons. The second kappa shape index (κ2) is 6.06. The van der Waals surface area contributed by atoms with E-state index in [2.05, 4.69) is 15.2 Å². The van der Waals surface area contributed by atoms with Gasteiger partial charge in [0.1, 0.15) is 11.5 Å². The number of halogens is 1. The summed E-state index contributed by atoms with van der Waals surface area (Å²) >= 11 is 6.40. The van der Waals surface area contributed by atoms with Crippen molar-refractivity contribution in [2.45, 2.75) is 32.1 Å². The fourth-order valence-corrected chi connectivity index (χ4v) is 3.66. The Balaban J connectivity index is 1.76. The highest BCUT2D eigenvalue weighted by molar-refractivity contribution is 6.35. The molecule has 5 rings (SSSR count). The summed E-state index contributed by atoms with van der Waals surface area (Å²) in [6.07, 6.45) is 6.86.